The van der Waals surface area contributed by atoms with E-state index in [1.165, 1.54) is 20.2 Å². The van der Waals surface area contributed by atoms with E-state index in [4.69, 9.17) is 11.1 Å². The van der Waals surface area contributed by atoms with Crippen LogP contribution in [-0.4, -0.2) is 22.9 Å². The van der Waals surface area contributed by atoms with Gasteiger partial charge >= 0.3 is 0 Å². The predicted octanol–water partition coefficient (Wildman–Crippen LogP) is 9.87. The molecule has 220 valence electrons. The van der Waals surface area contributed by atoms with Gasteiger partial charge in [-0.2, -0.15) is 0 Å². The Morgan fingerprint density at radius 2 is 1.72 bits per heavy atom. The van der Waals surface area contributed by atoms with Crippen molar-refractivity contribution in [3.8, 4) is 11.1 Å². The van der Waals surface area contributed by atoms with Gasteiger partial charge in [0.05, 0.1) is 6.10 Å². The Labute approximate surface area is 259 Å². The van der Waals surface area contributed by atoms with Crippen LogP contribution < -0.4 is 5.73 Å². The lowest BCUT2D eigenvalue weighted by atomic mass is 9.85. The van der Waals surface area contributed by atoms with Crippen molar-refractivity contribution in [2.24, 2.45) is 16.1 Å². The maximum Gasteiger partial charge on any atom is 0.153 e. The van der Waals surface area contributed by atoms with Crippen molar-refractivity contribution >= 4 is 48.8 Å². The Morgan fingerprint density at radius 1 is 1.02 bits per heavy atom. The molecule has 0 amide bonds. The molecule has 2 atom stereocenters. The summed E-state index contributed by atoms with van der Waals surface area (Å²) in [6.45, 7) is 12.1. The molecule has 0 aliphatic carbocycles. The van der Waals surface area contributed by atoms with Gasteiger partial charge in [-0.05, 0) is 61.1 Å². The Bertz CT molecular complexity index is 1770. The molecule has 0 aliphatic rings. The predicted molar refractivity (Wildman–Crippen MR) is 189 cm³/mol. The highest BCUT2D eigenvalue weighted by atomic mass is 32.1. The van der Waals surface area contributed by atoms with Gasteiger partial charge in [0.2, 0.25) is 0 Å². The zero-order valence-corrected chi connectivity index (χ0v) is 26.3. The van der Waals surface area contributed by atoms with Crippen LogP contribution in [0.1, 0.15) is 46.1 Å². The number of nitrogens with two attached hydrogens (primary N) is 1. The summed E-state index contributed by atoms with van der Waals surface area (Å²) in [4.78, 5) is 4.33. The minimum Gasteiger partial charge on any atom is -0.386 e. The Kier molecular flexibility index (Phi) is 10.5. The van der Waals surface area contributed by atoms with Gasteiger partial charge in [-0.3, -0.25) is 5.41 Å². The summed E-state index contributed by atoms with van der Waals surface area (Å²) in [5.41, 5.74) is 10.7. The minimum atomic E-state index is -0.882. The molecule has 2 unspecified atom stereocenters. The second kappa shape index (κ2) is 14.2. The van der Waals surface area contributed by atoms with Crippen molar-refractivity contribution in [2.75, 3.05) is 0 Å². The van der Waals surface area contributed by atoms with Crippen molar-refractivity contribution in [1.82, 2.24) is 0 Å². The zero-order chi connectivity index (χ0) is 31.0. The van der Waals surface area contributed by atoms with Gasteiger partial charge < -0.3 is 10.8 Å². The molecule has 0 bridgehead atoms. The van der Waals surface area contributed by atoms with Crippen molar-refractivity contribution in [3.05, 3.63) is 127 Å². The largest absolute Gasteiger partial charge is 0.386 e. The number of hydrogen-bond acceptors (Lipinski definition) is 3. The van der Waals surface area contributed by atoms with Gasteiger partial charge in [-0.15, -0.1) is 11.3 Å². The second-order valence-corrected chi connectivity index (χ2v) is 11.8. The normalized spacial score (nSPS) is 15.2. The van der Waals surface area contributed by atoms with Crippen molar-refractivity contribution in [1.29, 1.82) is 5.41 Å². The van der Waals surface area contributed by atoms with E-state index in [2.05, 4.69) is 91.3 Å². The molecular formula is C38H41N3OS. The quantitative estimate of drug-likeness (QED) is 0.0706. The van der Waals surface area contributed by atoms with E-state index in [9.17, 15) is 5.11 Å². The van der Waals surface area contributed by atoms with Gasteiger partial charge in [0.25, 0.3) is 0 Å². The van der Waals surface area contributed by atoms with Gasteiger partial charge in [-0.25, -0.2) is 4.99 Å². The highest BCUT2D eigenvalue weighted by Crippen LogP contribution is 2.43. The SMILES string of the molecule is C=C(/C=C\C(O)/C=C\C(=C/C)c1c(-c2ccccc2)ccc2sc3ccccc3c12)C(=N)N=C(N)C(C)(/C=C\CC)CC. The maximum atomic E-state index is 10.9. The summed E-state index contributed by atoms with van der Waals surface area (Å²) >= 11 is 1.79. The van der Waals surface area contributed by atoms with E-state index in [0.29, 0.717) is 11.4 Å². The van der Waals surface area contributed by atoms with Crippen molar-refractivity contribution < 1.29 is 5.11 Å². The summed E-state index contributed by atoms with van der Waals surface area (Å²) in [6.07, 6.45) is 14.0. The first kappa shape index (κ1) is 31.6. The molecule has 0 spiro atoms. The first-order valence-corrected chi connectivity index (χ1v) is 15.5. The van der Waals surface area contributed by atoms with Crippen LogP contribution in [0.4, 0.5) is 0 Å². The molecule has 4 nitrogen and oxygen atoms in total. The molecule has 43 heavy (non-hydrogen) atoms. The standard InChI is InChI=1S/C38H41N3OS/c1-6-9-25-38(5,8-3)37(40)41-36(39)26(4)19-21-29(42)22-20-27(7-2)34-30(28-15-11-10-12-16-28)23-24-33-35(34)31-17-13-14-18-32(31)43-33/h7,9-25,29,42H,4,6,8H2,1-3,5H3,(H3,39,40,41)/b21-19-,22-20-,25-9-,27-7+. The highest BCUT2D eigenvalue weighted by molar-refractivity contribution is 7.25. The summed E-state index contributed by atoms with van der Waals surface area (Å²) in [7, 11) is 0. The first-order chi connectivity index (χ1) is 20.7. The van der Waals surface area contributed by atoms with Crippen LogP contribution in [0, 0.1) is 10.8 Å². The zero-order valence-electron chi connectivity index (χ0n) is 25.5. The van der Waals surface area contributed by atoms with Crippen LogP contribution in [0.25, 0.3) is 36.9 Å². The van der Waals surface area contributed by atoms with Crippen LogP contribution in [0.15, 0.2) is 126 Å². The van der Waals surface area contributed by atoms with E-state index in [1.807, 2.05) is 39.0 Å². The Balaban J connectivity index is 1.62. The van der Waals surface area contributed by atoms with Gasteiger partial charge in [0.1, 0.15) is 5.84 Å². The fraction of sp³-hybridized carbons (Fsp3) is 0.211. The number of benzene rings is 3. The topological polar surface area (TPSA) is 82.5 Å². The lowest BCUT2D eigenvalue weighted by Crippen LogP contribution is -2.33. The average Bonchev–Trinajstić information content (AvgIpc) is 3.41. The average molecular weight is 588 g/mol. The number of nitrogens with zero attached hydrogens (tertiary/aromatic N) is 1. The van der Waals surface area contributed by atoms with Crippen LogP contribution in [-0.2, 0) is 0 Å². The van der Waals surface area contributed by atoms with Crippen LogP contribution in [0.3, 0.4) is 0 Å². The number of allylic oxidation sites excluding steroid dienone is 4. The smallest absolute Gasteiger partial charge is 0.153 e. The molecule has 5 heteroatoms. The number of thiophene rings is 1. The molecule has 0 radical (unpaired) electrons. The van der Waals surface area contributed by atoms with Crippen LogP contribution >= 0.6 is 11.3 Å². The molecule has 4 aromatic rings. The molecule has 1 aromatic heterocycles. The third kappa shape index (κ3) is 7.19. The number of rotatable bonds is 11. The van der Waals surface area contributed by atoms with Gasteiger partial charge in [-0.1, -0.05) is 118 Å². The number of aliphatic imine (C=N–C) groups is 1. The molecule has 4 N–H and O–H groups in total. The van der Waals surface area contributed by atoms with Crippen LogP contribution in [0.5, 0.6) is 0 Å². The molecule has 0 saturated heterocycles. The van der Waals surface area contributed by atoms with Crippen molar-refractivity contribution in [3.63, 3.8) is 0 Å². The summed E-state index contributed by atoms with van der Waals surface area (Å²) < 4.78 is 2.47. The number of aliphatic hydroxyl groups is 1. The van der Waals surface area contributed by atoms with E-state index in [1.54, 1.807) is 29.6 Å². The summed E-state index contributed by atoms with van der Waals surface area (Å²) in [5.74, 6) is 0.355. The van der Waals surface area contributed by atoms with E-state index in [0.717, 1.165) is 35.1 Å². The Hall–Kier alpha value is -4.32. The number of nitrogens with one attached hydrogen (secondary N) is 1. The van der Waals surface area contributed by atoms with E-state index < -0.39 is 11.5 Å². The summed E-state index contributed by atoms with van der Waals surface area (Å²) in [5, 5.41) is 21.7. The van der Waals surface area contributed by atoms with E-state index in [-0.39, 0.29) is 5.84 Å². The van der Waals surface area contributed by atoms with Gasteiger partial charge in [0.15, 0.2) is 5.84 Å². The summed E-state index contributed by atoms with van der Waals surface area (Å²) in [6, 6.07) is 23.3. The number of fused-ring (bicyclic) bond motifs is 3. The number of hydrogen-bond donors (Lipinski definition) is 3. The third-order valence-corrected chi connectivity index (χ3v) is 8.91. The Morgan fingerprint density at radius 3 is 2.42 bits per heavy atom. The molecule has 0 fully saturated rings. The maximum absolute atomic E-state index is 10.9. The van der Waals surface area contributed by atoms with Gasteiger partial charge in [0, 0.05) is 31.2 Å². The fourth-order valence-electron chi connectivity index (χ4n) is 4.94. The third-order valence-electron chi connectivity index (χ3n) is 7.77. The molecule has 1 heterocycles. The first-order valence-electron chi connectivity index (χ1n) is 14.7. The van der Waals surface area contributed by atoms with Crippen LogP contribution in [0.2, 0.25) is 0 Å². The number of amidine groups is 2. The molecule has 4 rings (SSSR count). The monoisotopic (exact) mass is 587 g/mol. The molecule has 0 saturated carbocycles. The second-order valence-electron chi connectivity index (χ2n) is 10.7. The molecule has 3 aromatic carbocycles. The van der Waals surface area contributed by atoms with E-state index >= 15 is 0 Å². The molecular weight excluding hydrogens is 547 g/mol. The number of aliphatic hydroxyl groups excluding tert-OH is 1. The fourth-order valence-corrected chi connectivity index (χ4v) is 6.05. The highest BCUT2D eigenvalue weighted by Gasteiger charge is 2.24. The lowest BCUT2D eigenvalue weighted by molar-refractivity contribution is 0.271. The lowest BCUT2D eigenvalue weighted by Gasteiger charge is -2.23. The molecule has 0 aliphatic heterocycles. The van der Waals surface area contributed by atoms with Crippen molar-refractivity contribution in [2.45, 2.75) is 46.6 Å². The minimum absolute atomic E-state index is 0.0211.